The molecule has 20 heavy (non-hydrogen) atoms. The van der Waals surface area contributed by atoms with Crippen molar-refractivity contribution >= 4 is 44.0 Å². The molecule has 2 heterocycles. The Labute approximate surface area is 118 Å². The lowest BCUT2D eigenvalue weighted by atomic mass is 10.2. The summed E-state index contributed by atoms with van der Waals surface area (Å²) < 4.78 is 12.9. The van der Waals surface area contributed by atoms with E-state index in [2.05, 4.69) is 4.98 Å². The zero-order valence-corrected chi connectivity index (χ0v) is 11.8. The number of aromatic carboxylic acids is 1. The minimum absolute atomic E-state index is 0.0132. The summed E-state index contributed by atoms with van der Waals surface area (Å²) >= 11 is 0.849. The van der Waals surface area contributed by atoms with Gasteiger partial charge in [-0.3, -0.25) is 9.00 Å². The summed E-state index contributed by atoms with van der Waals surface area (Å²) in [4.78, 5) is 28.1. The number of aromatic nitrogens is 2. The Kier molecular flexibility index (Phi) is 2.91. The molecular formula is C12H8N2O4S2. The van der Waals surface area contributed by atoms with Crippen LogP contribution in [-0.2, 0) is 10.8 Å². The Morgan fingerprint density at radius 3 is 2.75 bits per heavy atom. The number of hydrogen-bond donors (Lipinski definition) is 1. The van der Waals surface area contributed by atoms with Gasteiger partial charge in [0.1, 0.15) is 9.90 Å². The maximum absolute atomic E-state index is 12.5. The van der Waals surface area contributed by atoms with Crippen molar-refractivity contribution < 1.29 is 14.1 Å². The third-order valence-electron chi connectivity index (χ3n) is 2.80. The highest BCUT2D eigenvalue weighted by molar-refractivity contribution is 7.84. The zero-order valence-electron chi connectivity index (χ0n) is 10.2. The summed E-state index contributed by atoms with van der Waals surface area (Å²) in [6.07, 6.45) is 1.34. The smallest absolute Gasteiger partial charge is 0.348 e. The van der Waals surface area contributed by atoms with Crippen molar-refractivity contribution in [3.8, 4) is 0 Å². The molecule has 0 aliphatic rings. The molecule has 0 saturated heterocycles. The summed E-state index contributed by atoms with van der Waals surface area (Å²) in [5, 5.41) is 9.53. The Morgan fingerprint density at radius 2 is 2.10 bits per heavy atom. The van der Waals surface area contributed by atoms with E-state index in [1.807, 2.05) is 0 Å². The second kappa shape index (κ2) is 4.50. The number of carboxylic acid groups (broad SMARTS) is 1. The molecule has 0 amide bonds. The molecule has 8 heteroatoms. The molecule has 3 aromatic rings. The number of carboxylic acids is 1. The molecular weight excluding hydrogens is 300 g/mol. The van der Waals surface area contributed by atoms with E-state index in [1.165, 1.54) is 6.26 Å². The van der Waals surface area contributed by atoms with Crippen LogP contribution in [0.1, 0.15) is 9.67 Å². The van der Waals surface area contributed by atoms with Gasteiger partial charge in [-0.2, -0.15) is 0 Å². The van der Waals surface area contributed by atoms with Gasteiger partial charge in [0.25, 0.3) is 5.56 Å². The second-order valence-corrected chi connectivity index (χ2v) is 6.32. The van der Waals surface area contributed by atoms with Crippen LogP contribution in [0.2, 0.25) is 0 Å². The van der Waals surface area contributed by atoms with Crippen LogP contribution < -0.4 is 5.56 Å². The number of fused-ring (bicyclic) bond motifs is 2. The predicted octanol–water partition coefficient (Wildman–Crippen LogP) is 1.34. The lowest BCUT2D eigenvalue weighted by Gasteiger charge is -2.00. The van der Waals surface area contributed by atoms with Gasteiger partial charge in [0.15, 0.2) is 4.96 Å². The van der Waals surface area contributed by atoms with Crippen LogP contribution in [0, 0.1) is 0 Å². The molecule has 1 N–H and O–H groups in total. The number of carbonyl (C=O) groups is 1. The molecule has 0 aliphatic heterocycles. The van der Waals surface area contributed by atoms with E-state index < -0.39 is 22.3 Å². The molecule has 0 radical (unpaired) electrons. The minimum Gasteiger partial charge on any atom is -0.477 e. The first-order valence-corrected chi connectivity index (χ1v) is 7.89. The Hall–Kier alpha value is -2.06. The van der Waals surface area contributed by atoms with Crippen LogP contribution in [0.15, 0.2) is 34.1 Å². The van der Waals surface area contributed by atoms with Crippen molar-refractivity contribution in [1.82, 2.24) is 9.38 Å². The highest BCUT2D eigenvalue weighted by atomic mass is 32.2. The van der Waals surface area contributed by atoms with Crippen LogP contribution in [0.3, 0.4) is 0 Å². The fourth-order valence-electron chi connectivity index (χ4n) is 1.99. The van der Waals surface area contributed by atoms with E-state index in [0.29, 0.717) is 10.9 Å². The number of benzene rings is 1. The van der Waals surface area contributed by atoms with Gasteiger partial charge in [-0.05, 0) is 12.1 Å². The van der Waals surface area contributed by atoms with Crippen LogP contribution in [-0.4, -0.2) is 30.9 Å². The topological polar surface area (TPSA) is 88.7 Å². The van der Waals surface area contributed by atoms with Gasteiger partial charge in [-0.25, -0.2) is 14.2 Å². The summed E-state index contributed by atoms with van der Waals surface area (Å²) in [6.45, 7) is 0. The zero-order chi connectivity index (χ0) is 14.4. The molecule has 1 unspecified atom stereocenters. The number of para-hydroxylation sites is 1. The predicted molar refractivity (Wildman–Crippen MR) is 76.1 cm³/mol. The van der Waals surface area contributed by atoms with Gasteiger partial charge < -0.3 is 5.11 Å². The molecule has 0 bridgehead atoms. The van der Waals surface area contributed by atoms with Crippen LogP contribution in [0.25, 0.3) is 15.9 Å². The van der Waals surface area contributed by atoms with Gasteiger partial charge in [-0.1, -0.05) is 23.5 Å². The summed E-state index contributed by atoms with van der Waals surface area (Å²) in [5.74, 6) is -1.21. The van der Waals surface area contributed by atoms with Gasteiger partial charge in [0, 0.05) is 6.26 Å². The second-order valence-electron chi connectivity index (χ2n) is 4.05. The average molecular weight is 308 g/mol. The third kappa shape index (κ3) is 1.76. The van der Waals surface area contributed by atoms with Crippen molar-refractivity contribution in [2.45, 2.75) is 5.03 Å². The quantitative estimate of drug-likeness (QED) is 0.772. The van der Waals surface area contributed by atoms with Crippen molar-refractivity contribution in [3.63, 3.8) is 0 Å². The number of nitrogens with zero attached hydrogens (tertiary/aromatic N) is 2. The summed E-state index contributed by atoms with van der Waals surface area (Å²) in [7, 11) is -1.61. The molecule has 6 nitrogen and oxygen atoms in total. The fourth-order valence-corrected chi connectivity index (χ4v) is 4.16. The number of rotatable bonds is 2. The number of hydrogen-bond acceptors (Lipinski definition) is 5. The van der Waals surface area contributed by atoms with E-state index >= 15 is 0 Å². The first kappa shape index (κ1) is 12.9. The first-order valence-electron chi connectivity index (χ1n) is 5.51. The van der Waals surface area contributed by atoms with E-state index in [4.69, 9.17) is 0 Å². The lowest BCUT2D eigenvalue weighted by molar-refractivity contribution is 0.0697. The molecule has 0 spiro atoms. The fraction of sp³-hybridized carbons (Fsp3) is 0.0833. The maximum Gasteiger partial charge on any atom is 0.348 e. The average Bonchev–Trinajstić information content (AvgIpc) is 2.79. The molecule has 1 atom stereocenters. The Morgan fingerprint density at radius 1 is 1.40 bits per heavy atom. The Bertz CT molecular complexity index is 942. The normalized spacial score (nSPS) is 12.8. The SMILES string of the molecule is CS(=O)c1c(C(=O)O)sc2nc3ccccc3c(=O)n12. The van der Waals surface area contributed by atoms with Crippen molar-refractivity contribution in [3.05, 3.63) is 39.5 Å². The van der Waals surface area contributed by atoms with Gasteiger partial charge in [0.05, 0.1) is 21.7 Å². The van der Waals surface area contributed by atoms with E-state index in [-0.39, 0.29) is 14.9 Å². The number of thiazole rings is 1. The van der Waals surface area contributed by atoms with E-state index in [9.17, 15) is 18.9 Å². The molecule has 0 aliphatic carbocycles. The summed E-state index contributed by atoms with van der Waals surface area (Å²) in [6, 6.07) is 6.73. The van der Waals surface area contributed by atoms with Crippen LogP contribution in [0.4, 0.5) is 0 Å². The monoisotopic (exact) mass is 308 g/mol. The van der Waals surface area contributed by atoms with E-state index in [0.717, 1.165) is 15.7 Å². The molecule has 0 fully saturated rings. The van der Waals surface area contributed by atoms with Crippen LogP contribution in [0.5, 0.6) is 0 Å². The van der Waals surface area contributed by atoms with Crippen LogP contribution >= 0.6 is 11.3 Å². The first-order chi connectivity index (χ1) is 9.50. The van der Waals surface area contributed by atoms with E-state index in [1.54, 1.807) is 24.3 Å². The Balaban J connectivity index is 2.60. The van der Waals surface area contributed by atoms with Crippen molar-refractivity contribution in [1.29, 1.82) is 0 Å². The van der Waals surface area contributed by atoms with Gasteiger partial charge in [-0.15, -0.1) is 0 Å². The van der Waals surface area contributed by atoms with Crippen molar-refractivity contribution in [2.75, 3.05) is 6.26 Å². The largest absolute Gasteiger partial charge is 0.477 e. The maximum atomic E-state index is 12.5. The molecule has 102 valence electrons. The van der Waals surface area contributed by atoms with Gasteiger partial charge >= 0.3 is 5.97 Å². The molecule has 0 saturated carbocycles. The lowest BCUT2D eigenvalue weighted by Crippen LogP contribution is -2.17. The minimum atomic E-state index is -1.61. The van der Waals surface area contributed by atoms with Crippen molar-refractivity contribution in [2.24, 2.45) is 0 Å². The highest BCUT2D eigenvalue weighted by Gasteiger charge is 2.23. The third-order valence-corrected chi connectivity index (χ3v) is 4.89. The summed E-state index contributed by atoms with van der Waals surface area (Å²) in [5.41, 5.74) is 0.0867. The highest BCUT2D eigenvalue weighted by Crippen LogP contribution is 2.24. The molecule has 2 aromatic heterocycles. The molecule has 3 rings (SSSR count). The standard InChI is InChI=1S/C12H8N2O4S2/c1-20(18)10-8(11(16)17)19-12-13-7-5-3-2-4-6(7)9(15)14(10)12/h2-5H,1H3,(H,16,17). The van der Waals surface area contributed by atoms with Gasteiger partial charge in [0.2, 0.25) is 0 Å². The molecule has 1 aromatic carbocycles.